The molecule has 0 spiro atoms. The summed E-state index contributed by atoms with van der Waals surface area (Å²) < 4.78 is 2.01. The Balaban J connectivity index is 2.19. The summed E-state index contributed by atoms with van der Waals surface area (Å²) in [4.78, 5) is 18.6. The van der Waals surface area contributed by atoms with Crippen LogP contribution in [0.1, 0.15) is 18.3 Å². The SMILES string of the molecule is CN1CCC(n2c(CCCl)nc3c(Cl)cccc32)C1=O. The van der Waals surface area contributed by atoms with Crippen LogP contribution in [0.3, 0.4) is 0 Å². The van der Waals surface area contributed by atoms with Crippen LogP contribution in [-0.4, -0.2) is 39.8 Å². The number of aryl methyl sites for hydroxylation is 1. The second kappa shape index (κ2) is 5.26. The van der Waals surface area contributed by atoms with Crippen molar-refractivity contribution in [3.05, 3.63) is 29.0 Å². The predicted molar refractivity (Wildman–Crippen MR) is 80.5 cm³/mol. The summed E-state index contributed by atoms with van der Waals surface area (Å²) in [6.45, 7) is 0.768. The molecular weight excluding hydrogens is 297 g/mol. The number of alkyl halides is 1. The maximum Gasteiger partial charge on any atom is 0.245 e. The van der Waals surface area contributed by atoms with E-state index in [2.05, 4.69) is 4.98 Å². The number of benzene rings is 1. The normalized spacial score (nSPS) is 19.2. The van der Waals surface area contributed by atoms with Gasteiger partial charge in [-0.05, 0) is 18.6 Å². The number of imidazole rings is 1. The lowest BCUT2D eigenvalue weighted by molar-refractivity contribution is -0.129. The molecule has 1 fully saturated rings. The summed E-state index contributed by atoms with van der Waals surface area (Å²) in [6.07, 6.45) is 1.42. The average Bonchev–Trinajstić information content (AvgIpc) is 2.94. The van der Waals surface area contributed by atoms with Gasteiger partial charge in [-0.3, -0.25) is 4.79 Å². The van der Waals surface area contributed by atoms with Crippen molar-refractivity contribution in [2.24, 2.45) is 0 Å². The number of likely N-dealkylation sites (tertiary alicyclic amines) is 1. The maximum atomic E-state index is 12.3. The van der Waals surface area contributed by atoms with Crippen molar-refractivity contribution in [2.75, 3.05) is 19.5 Å². The van der Waals surface area contributed by atoms with Gasteiger partial charge in [0.25, 0.3) is 0 Å². The number of carbonyl (C=O) groups excluding carboxylic acids is 1. The molecule has 1 amide bonds. The molecule has 1 aromatic heterocycles. The number of nitrogens with zero attached hydrogens (tertiary/aromatic N) is 3. The van der Waals surface area contributed by atoms with E-state index in [-0.39, 0.29) is 11.9 Å². The summed E-state index contributed by atoms with van der Waals surface area (Å²) in [7, 11) is 1.83. The molecule has 0 saturated carbocycles. The first-order chi connectivity index (χ1) is 9.63. The number of hydrogen-bond donors (Lipinski definition) is 0. The van der Waals surface area contributed by atoms with Gasteiger partial charge in [0, 0.05) is 25.9 Å². The molecule has 106 valence electrons. The van der Waals surface area contributed by atoms with E-state index < -0.39 is 0 Å². The average molecular weight is 312 g/mol. The Kier molecular flexibility index (Phi) is 3.61. The number of aromatic nitrogens is 2. The minimum Gasteiger partial charge on any atom is -0.344 e. The van der Waals surface area contributed by atoms with Gasteiger partial charge in [-0.1, -0.05) is 17.7 Å². The summed E-state index contributed by atoms with van der Waals surface area (Å²) in [5.41, 5.74) is 1.66. The van der Waals surface area contributed by atoms with E-state index in [9.17, 15) is 4.79 Å². The molecule has 2 aromatic rings. The van der Waals surface area contributed by atoms with Crippen molar-refractivity contribution < 1.29 is 4.79 Å². The van der Waals surface area contributed by atoms with Gasteiger partial charge in [-0.2, -0.15) is 0 Å². The molecule has 3 rings (SSSR count). The minimum atomic E-state index is -0.193. The van der Waals surface area contributed by atoms with Crippen LogP contribution in [0.25, 0.3) is 11.0 Å². The Bertz CT molecular complexity index is 668. The third-order valence-electron chi connectivity index (χ3n) is 3.77. The lowest BCUT2D eigenvalue weighted by atomic mass is 10.2. The molecule has 4 nitrogen and oxygen atoms in total. The molecule has 1 aromatic carbocycles. The van der Waals surface area contributed by atoms with E-state index in [0.717, 1.165) is 29.8 Å². The number of likely N-dealkylation sites (N-methyl/N-ethyl adjacent to an activating group) is 1. The monoisotopic (exact) mass is 311 g/mol. The van der Waals surface area contributed by atoms with Crippen LogP contribution in [-0.2, 0) is 11.2 Å². The molecular formula is C14H15Cl2N3O. The van der Waals surface area contributed by atoms with Crippen LogP contribution < -0.4 is 0 Å². The Hall–Kier alpha value is -1.26. The highest BCUT2D eigenvalue weighted by atomic mass is 35.5. The number of para-hydroxylation sites is 1. The molecule has 1 unspecified atom stereocenters. The van der Waals surface area contributed by atoms with Gasteiger partial charge in [-0.15, -0.1) is 11.6 Å². The summed E-state index contributed by atoms with van der Waals surface area (Å²) in [5, 5.41) is 0.607. The number of amides is 1. The first kappa shape index (κ1) is 13.7. The fraction of sp³-hybridized carbons (Fsp3) is 0.429. The first-order valence-corrected chi connectivity index (χ1v) is 7.51. The molecule has 20 heavy (non-hydrogen) atoms. The molecule has 0 radical (unpaired) electrons. The van der Waals surface area contributed by atoms with E-state index in [1.807, 2.05) is 29.8 Å². The number of carbonyl (C=O) groups is 1. The largest absolute Gasteiger partial charge is 0.344 e. The topological polar surface area (TPSA) is 38.1 Å². The van der Waals surface area contributed by atoms with Gasteiger partial charge < -0.3 is 9.47 Å². The zero-order valence-electron chi connectivity index (χ0n) is 11.1. The second-order valence-corrected chi connectivity index (χ2v) is 5.79. The zero-order valence-corrected chi connectivity index (χ0v) is 12.7. The van der Waals surface area contributed by atoms with E-state index in [1.165, 1.54) is 0 Å². The van der Waals surface area contributed by atoms with Crippen LogP contribution in [0, 0.1) is 0 Å². The summed E-state index contributed by atoms with van der Waals surface area (Å²) in [5.74, 6) is 1.43. The number of rotatable bonds is 3. The third kappa shape index (κ3) is 2.07. The molecule has 2 heterocycles. The Morgan fingerprint density at radius 1 is 1.45 bits per heavy atom. The molecule has 1 aliphatic heterocycles. The summed E-state index contributed by atoms with van der Waals surface area (Å²) >= 11 is 12.1. The Morgan fingerprint density at radius 2 is 2.25 bits per heavy atom. The highest BCUT2D eigenvalue weighted by molar-refractivity contribution is 6.34. The van der Waals surface area contributed by atoms with Gasteiger partial charge in [0.1, 0.15) is 17.4 Å². The van der Waals surface area contributed by atoms with Crippen LogP contribution in [0.15, 0.2) is 18.2 Å². The van der Waals surface area contributed by atoms with E-state index in [4.69, 9.17) is 23.2 Å². The molecule has 1 atom stereocenters. The van der Waals surface area contributed by atoms with Crippen molar-refractivity contribution in [1.29, 1.82) is 0 Å². The van der Waals surface area contributed by atoms with Crippen molar-refractivity contribution in [1.82, 2.24) is 14.5 Å². The number of hydrogen-bond acceptors (Lipinski definition) is 2. The quantitative estimate of drug-likeness (QED) is 0.817. The summed E-state index contributed by atoms with van der Waals surface area (Å²) in [6, 6.07) is 5.46. The van der Waals surface area contributed by atoms with Gasteiger partial charge in [0.2, 0.25) is 5.91 Å². The van der Waals surface area contributed by atoms with Crippen LogP contribution in [0.5, 0.6) is 0 Å². The van der Waals surface area contributed by atoms with Crippen LogP contribution in [0.4, 0.5) is 0 Å². The standard InChI is InChI=1S/C14H15Cl2N3O/c1-18-8-6-11(14(18)20)19-10-4-2-3-9(16)13(10)17-12(19)5-7-15/h2-4,11H,5-8H2,1H3. The Labute approximate surface area is 127 Å². The fourth-order valence-corrected chi connectivity index (χ4v) is 3.16. The number of halogens is 2. The molecule has 0 bridgehead atoms. The zero-order chi connectivity index (χ0) is 14.3. The van der Waals surface area contributed by atoms with Crippen LogP contribution >= 0.6 is 23.2 Å². The van der Waals surface area contributed by atoms with E-state index >= 15 is 0 Å². The highest BCUT2D eigenvalue weighted by Gasteiger charge is 2.33. The lowest BCUT2D eigenvalue weighted by Crippen LogP contribution is -2.25. The number of fused-ring (bicyclic) bond motifs is 1. The minimum absolute atomic E-state index is 0.125. The van der Waals surface area contributed by atoms with Crippen molar-refractivity contribution >= 4 is 40.1 Å². The molecule has 1 aliphatic rings. The smallest absolute Gasteiger partial charge is 0.245 e. The highest BCUT2D eigenvalue weighted by Crippen LogP contribution is 2.31. The van der Waals surface area contributed by atoms with Crippen LogP contribution in [0.2, 0.25) is 5.02 Å². The fourth-order valence-electron chi connectivity index (χ4n) is 2.78. The predicted octanol–water partition coefficient (Wildman–Crippen LogP) is 2.87. The third-order valence-corrected chi connectivity index (χ3v) is 4.27. The Morgan fingerprint density at radius 3 is 2.90 bits per heavy atom. The molecule has 6 heteroatoms. The van der Waals surface area contributed by atoms with E-state index in [0.29, 0.717) is 17.3 Å². The molecule has 0 aliphatic carbocycles. The van der Waals surface area contributed by atoms with E-state index in [1.54, 1.807) is 4.90 Å². The van der Waals surface area contributed by atoms with Gasteiger partial charge >= 0.3 is 0 Å². The lowest BCUT2D eigenvalue weighted by Gasteiger charge is -2.15. The van der Waals surface area contributed by atoms with Gasteiger partial charge in [0.15, 0.2) is 0 Å². The van der Waals surface area contributed by atoms with Crippen molar-refractivity contribution in [2.45, 2.75) is 18.9 Å². The second-order valence-electron chi connectivity index (χ2n) is 5.01. The molecule has 0 N–H and O–H groups in total. The van der Waals surface area contributed by atoms with Gasteiger partial charge in [-0.25, -0.2) is 4.98 Å². The van der Waals surface area contributed by atoms with Crippen molar-refractivity contribution in [3.8, 4) is 0 Å². The van der Waals surface area contributed by atoms with Crippen molar-refractivity contribution in [3.63, 3.8) is 0 Å². The maximum absolute atomic E-state index is 12.3. The molecule has 1 saturated heterocycles. The van der Waals surface area contributed by atoms with Gasteiger partial charge in [0.05, 0.1) is 10.5 Å². The first-order valence-electron chi connectivity index (χ1n) is 6.59.